The molecule has 0 saturated carbocycles. The van der Waals surface area contributed by atoms with Crippen molar-refractivity contribution in [1.29, 1.82) is 0 Å². The molecule has 0 atom stereocenters. The lowest BCUT2D eigenvalue weighted by atomic mass is 10.1. The minimum atomic E-state index is 0.792. The van der Waals surface area contributed by atoms with Crippen molar-refractivity contribution in [2.75, 3.05) is 27.7 Å². The Balaban J connectivity index is 2.40. The van der Waals surface area contributed by atoms with Gasteiger partial charge in [0.1, 0.15) is 0 Å². The fourth-order valence-corrected chi connectivity index (χ4v) is 2.51. The molecule has 1 aromatic carbocycles. The average Bonchev–Trinajstić information content (AvgIpc) is 2.50. The highest BCUT2D eigenvalue weighted by molar-refractivity contribution is 5.79. The Morgan fingerprint density at radius 3 is 2.39 bits per heavy atom. The molecule has 0 unspecified atom stereocenters. The summed E-state index contributed by atoms with van der Waals surface area (Å²) >= 11 is 0. The first kappa shape index (κ1) is 19.5. The van der Waals surface area contributed by atoms with Crippen molar-refractivity contribution in [3.63, 3.8) is 0 Å². The number of unbranched alkanes of at least 4 members (excludes halogenated alkanes) is 1. The Labute approximate surface area is 142 Å². The van der Waals surface area contributed by atoms with E-state index in [9.17, 15) is 0 Å². The highest BCUT2D eigenvalue weighted by Crippen LogP contribution is 2.10. The zero-order valence-corrected chi connectivity index (χ0v) is 15.5. The standard InChI is InChI=1S/C19H34N4/c1-16(2)10-8-9-13-21-19(20-3)22-14-17-11-6-7-12-18(17)15-23(4)5/h6-7,11-12,16H,8-10,13-15H2,1-5H3,(H2,20,21,22). The third-order valence-corrected chi connectivity index (χ3v) is 3.78. The number of hydrogen-bond donors (Lipinski definition) is 2. The van der Waals surface area contributed by atoms with Crippen LogP contribution in [0.25, 0.3) is 0 Å². The van der Waals surface area contributed by atoms with Crippen molar-refractivity contribution in [3.8, 4) is 0 Å². The van der Waals surface area contributed by atoms with Crippen LogP contribution in [-0.2, 0) is 13.1 Å². The normalized spacial score (nSPS) is 12.0. The summed E-state index contributed by atoms with van der Waals surface area (Å²) in [4.78, 5) is 6.51. The zero-order chi connectivity index (χ0) is 17.1. The molecule has 0 aliphatic carbocycles. The van der Waals surface area contributed by atoms with Gasteiger partial charge in [-0.3, -0.25) is 4.99 Å². The molecule has 0 aromatic heterocycles. The molecule has 0 saturated heterocycles. The molecule has 23 heavy (non-hydrogen) atoms. The smallest absolute Gasteiger partial charge is 0.191 e. The first-order chi connectivity index (χ1) is 11.0. The molecule has 2 N–H and O–H groups in total. The number of benzene rings is 1. The van der Waals surface area contributed by atoms with E-state index < -0.39 is 0 Å². The fourth-order valence-electron chi connectivity index (χ4n) is 2.51. The fraction of sp³-hybridized carbons (Fsp3) is 0.632. The van der Waals surface area contributed by atoms with Crippen LogP contribution in [0.4, 0.5) is 0 Å². The Morgan fingerprint density at radius 1 is 1.09 bits per heavy atom. The van der Waals surface area contributed by atoms with Gasteiger partial charge in [0.15, 0.2) is 5.96 Å². The molecule has 0 aliphatic rings. The van der Waals surface area contributed by atoms with Gasteiger partial charge in [0.25, 0.3) is 0 Å². The molecule has 1 aromatic rings. The monoisotopic (exact) mass is 318 g/mol. The molecule has 0 fully saturated rings. The Hall–Kier alpha value is -1.55. The van der Waals surface area contributed by atoms with E-state index in [1.807, 2.05) is 7.05 Å². The molecule has 4 nitrogen and oxygen atoms in total. The van der Waals surface area contributed by atoms with Gasteiger partial charge < -0.3 is 15.5 Å². The van der Waals surface area contributed by atoms with E-state index >= 15 is 0 Å². The predicted molar refractivity (Wildman–Crippen MR) is 101 cm³/mol. The van der Waals surface area contributed by atoms with Crippen molar-refractivity contribution in [3.05, 3.63) is 35.4 Å². The van der Waals surface area contributed by atoms with Crippen molar-refractivity contribution < 1.29 is 0 Å². The highest BCUT2D eigenvalue weighted by Gasteiger charge is 2.04. The first-order valence-electron chi connectivity index (χ1n) is 8.69. The third kappa shape index (κ3) is 8.60. The maximum atomic E-state index is 4.31. The van der Waals surface area contributed by atoms with Gasteiger partial charge in [-0.05, 0) is 37.6 Å². The van der Waals surface area contributed by atoms with Crippen molar-refractivity contribution in [2.24, 2.45) is 10.9 Å². The second-order valence-corrected chi connectivity index (χ2v) is 6.75. The molecule has 0 spiro atoms. The van der Waals surface area contributed by atoms with Gasteiger partial charge >= 0.3 is 0 Å². The molecule has 0 heterocycles. The van der Waals surface area contributed by atoms with Gasteiger partial charge in [0, 0.05) is 26.7 Å². The predicted octanol–water partition coefficient (Wildman–Crippen LogP) is 3.24. The number of rotatable bonds is 9. The van der Waals surface area contributed by atoms with Crippen LogP contribution >= 0.6 is 0 Å². The van der Waals surface area contributed by atoms with E-state index in [4.69, 9.17) is 0 Å². The molecule has 130 valence electrons. The largest absolute Gasteiger partial charge is 0.356 e. The summed E-state index contributed by atoms with van der Waals surface area (Å²) in [5.74, 6) is 1.68. The molecular formula is C19H34N4. The van der Waals surface area contributed by atoms with Crippen molar-refractivity contribution in [1.82, 2.24) is 15.5 Å². The van der Waals surface area contributed by atoms with E-state index in [1.54, 1.807) is 0 Å². The number of nitrogens with zero attached hydrogens (tertiary/aromatic N) is 2. The highest BCUT2D eigenvalue weighted by atomic mass is 15.2. The molecule has 0 amide bonds. The van der Waals surface area contributed by atoms with Crippen LogP contribution in [-0.4, -0.2) is 38.5 Å². The summed E-state index contributed by atoms with van der Waals surface area (Å²) in [6, 6.07) is 8.57. The Morgan fingerprint density at radius 2 is 1.78 bits per heavy atom. The minimum absolute atomic E-state index is 0.792. The zero-order valence-electron chi connectivity index (χ0n) is 15.5. The Bertz CT molecular complexity index is 466. The van der Waals surface area contributed by atoms with Crippen LogP contribution in [0.1, 0.15) is 44.2 Å². The summed E-state index contributed by atoms with van der Waals surface area (Å²) in [6.07, 6.45) is 3.76. The second kappa shape index (κ2) is 11.1. The van der Waals surface area contributed by atoms with Gasteiger partial charge in [-0.2, -0.15) is 0 Å². The Kier molecular flexibility index (Phi) is 9.37. The van der Waals surface area contributed by atoms with Gasteiger partial charge in [-0.1, -0.05) is 51.0 Å². The average molecular weight is 319 g/mol. The van der Waals surface area contributed by atoms with E-state index in [2.05, 4.69) is 72.7 Å². The number of nitrogens with one attached hydrogen (secondary N) is 2. The van der Waals surface area contributed by atoms with Crippen molar-refractivity contribution >= 4 is 5.96 Å². The van der Waals surface area contributed by atoms with E-state index in [-0.39, 0.29) is 0 Å². The third-order valence-electron chi connectivity index (χ3n) is 3.78. The van der Waals surface area contributed by atoms with Crippen LogP contribution in [0.3, 0.4) is 0 Å². The van der Waals surface area contributed by atoms with Crippen LogP contribution in [0.2, 0.25) is 0 Å². The maximum absolute atomic E-state index is 4.31. The number of aliphatic imine (C=N–C) groups is 1. The summed E-state index contributed by atoms with van der Waals surface area (Å²) < 4.78 is 0. The first-order valence-corrected chi connectivity index (χ1v) is 8.69. The summed E-state index contributed by atoms with van der Waals surface area (Å²) in [6.45, 7) is 7.29. The number of hydrogen-bond acceptors (Lipinski definition) is 2. The summed E-state index contributed by atoms with van der Waals surface area (Å²) in [5.41, 5.74) is 2.68. The van der Waals surface area contributed by atoms with Crippen LogP contribution in [0.15, 0.2) is 29.3 Å². The topological polar surface area (TPSA) is 39.7 Å². The number of guanidine groups is 1. The summed E-state index contributed by atoms with van der Waals surface area (Å²) in [7, 11) is 6.03. The van der Waals surface area contributed by atoms with E-state index in [0.29, 0.717) is 0 Å². The lowest BCUT2D eigenvalue weighted by Crippen LogP contribution is -2.37. The SMILES string of the molecule is CN=C(NCCCCC(C)C)NCc1ccccc1CN(C)C. The summed E-state index contributed by atoms with van der Waals surface area (Å²) in [5, 5.41) is 6.82. The molecule has 0 bridgehead atoms. The minimum Gasteiger partial charge on any atom is -0.356 e. The van der Waals surface area contributed by atoms with Crippen LogP contribution < -0.4 is 10.6 Å². The molecular weight excluding hydrogens is 284 g/mol. The van der Waals surface area contributed by atoms with E-state index in [0.717, 1.165) is 31.5 Å². The molecule has 0 radical (unpaired) electrons. The van der Waals surface area contributed by atoms with Crippen LogP contribution in [0, 0.1) is 5.92 Å². The van der Waals surface area contributed by atoms with Gasteiger partial charge in [-0.15, -0.1) is 0 Å². The van der Waals surface area contributed by atoms with Gasteiger partial charge in [0.2, 0.25) is 0 Å². The second-order valence-electron chi connectivity index (χ2n) is 6.75. The molecule has 4 heteroatoms. The van der Waals surface area contributed by atoms with E-state index in [1.165, 1.54) is 30.4 Å². The quantitative estimate of drug-likeness (QED) is 0.417. The van der Waals surface area contributed by atoms with Gasteiger partial charge in [0.05, 0.1) is 0 Å². The molecule has 0 aliphatic heterocycles. The molecule has 1 rings (SSSR count). The van der Waals surface area contributed by atoms with Crippen molar-refractivity contribution in [2.45, 2.75) is 46.2 Å². The lowest BCUT2D eigenvalue weighted by molar-refractivity contribution is 0.400. The van der Waals surface area contributed by atoms with Gasteiger partial charge in [-0.25, -0.2) is 0 Å². The van der Waals surface area contributed by atoms with Crippen LogP contribution in [0.5, 0.6) is 0 Å². The maximum Gasteiger partial charge on any atom is 0.191 e. The lowest BCUT2D eigenvalue weighted by Gasteiger charge is -2.16.